The quantitative estimate of drug-likeness (QED) is 0.526. The number of esters is 1. The number of ether oxygens (including phenoxy) is 3. The molecule has 0 aromatic heterocycles. The Labute approximate surface area is 162 Å². The Morgan fingerprint density at radius 2 is 1.96 bits per heavy atom. The fourth-order valence-corrected chi connectivity index (χ4v) is 2.55. The Bertz CT molecular complexity index is 843. The summed E-state index contributed by atoms with van der Waals surface area (Å²) in [7, 11) is 1.59. The monoisotopic (exact) mass is 388 g/mol. The zero-order chi connectivity index (χ0) is 19.8. The molecule has 28 heavy (non-hydrogen) atoms. The molecule has 0 saturated carbocycles. The minimum absolute atomic E-state index is 0.143. The largest absolute Gasteiger partial charge is 0.460 e. The molecule has 0 fully saturated rings. The number of oxime groups is 1. The molecule has 0 spiro atoms. The number of carbonyl (C=O) groups is 1. The SMILES string of the molecule is COCCOCCOC(=O)c1cccc(C2=NOC(c3ccccc3F)N2)c1. The Morgan fingerprint density at radius 3 is 2.79 bits per heavy atom. The van der Waals surface area contributed by atoms with Crippen LogP contribution < -0.4 is 5.32 Å². The maximum Gasteiger partial charge on any atom is 0.338 e. The Balaban J connectivity index is 1.56. The molecule has 1 unspecified atom stereocenters. The van der Waals surface area contributed by atoms with E-state index in [0.29, 0.717) is 42.3 Å². The van der Waals surface area contributed by atoms with Crippen LogP contribution in [0.1, 0.15) is 27.7 Å². The van der Waals surface area contributed by atoms with Gasteiger partial charge in [0.1, 0.15) is 12.4 Å². The van der Waals surface area contributed by atoms with Gasteiger partial charge in [0.05, 0.1) is 30.9 Å². The van der Waals surface area contributed by atoms with E-state index in [1.54, 1.807) is 49.6 Å². The predicted octanol–water partition coefficient (Wildman–Crippen LogP) is 2.63. The van der Waals surface area contributed by atoms with Crippen LogP contribution in [0.4, 0.5) is 4.39 Å². The van der Waals surface area contributed by atoms with Gasteiger partial charge < -0.3 is 24.4 Å². The third-order valence-corrected chi connectivity index (χ3v) is 3.97. The topological polar surface area (TPSA) is 78.4 Å². The van der Waals surface area contributed by atoms with Crippen molar-refractivity contribution in [2.75, 3.05) is 33.5 Å². The number of nitrogens with one attached hydrogen (secondary N) is 1. The third-order valence-electron chi connectivity index (χ3n) is 3.97. The molecule has 1 aliphatic rings. The van der Waals surface area contributed by atoms with Crippen molar-refractivity contribution in [3.63, 3.8) is 0 Å². The van der Waals surface area contributed by atoms with Gasteiger partial charge in [0.25, 0.3) is 0 Å². The van der Waals surface area contributed by atoms with Crippen molar-refractivity contribution in [3.8, 4) is 0 Å². The number of benzene rings is 2. The number of rotatable bonds is 9. The zero-order valence-corrected chi connectivity index (χ0v) is 15.4. The second-order valence-corrected chi connectivity index (χ2v) is 5.91. The lowest BCUT2D eigenvalue weighted by Crippen LogP contribution is -2.24. The van der Waals surface area contributed by atoms with Gasteiger partial charge in [-0.1, -0.05) is 35.5 Å². The summed E-state index contributed by atoms with van der Waals surface area (Å²) >= 11 is 0. The van der Waals surface area contributed by atoms with Crippen LogP contribution in [0, 0.1) is 5.82 Å². The van der Waals surface area contributed by atoms with Gasteiger partial charge >= 0.3 is 5.97 Å². The van der Waals surface area contributed by atoms with Crippen LogP contribution in [-0.2, 0) is 19.0 Å². The summed E-state index contributed by atoms with van der Waals surface area (Å²) in [5, 5.41) is 6.97. The molecule has 0 radical (unpaired) electrons. The van der Waals surface area contributed by atoms with Crippen LogP contribution >= 0.6 is 0 Å². The molecule has 0 saturated heterocycles. The van der Waals surface area contributed by atoms with Crippen molar-refractivity contribution in [1.82, 2.24) is 5.32 Å². The van der Waals surface area contributed by atoms with Crippen molar-refractivity contribution >= 4 is 11.8 Å². The first kappa shape index (κ1) is 19.8. The molecular weight excluding hydrogens is 367 g/mol. The number of amidine groups is 1. The second kappa shape index (κ2) is 9.82. The van der Waals surface area contributed by atoms with Crippen LogP contribution in [0.2, 0.25) is 0 Å². The number of nitrogens with zero attached hydrogens (tertiary/aromatic N) is 1. The second-order valence-electron chi connectivity index (χ2n) is 5.91. The first-order valence-electron chi connectivity index (χ1n) is 8.78. The van der Waals surface area contributed by atoms with Gasteiger partial charge in [0.2, 0.25) is 6.23 Å². The van der Waals surface area contributed by atoms with Gasteiger partial charge in [0.15, 0.2) is 5.84 Å². The lowest BCUT2D eigenvalue weighted by Gasteiger charge is -2.11. The molecular formula is C20H21FN2O5. The number of hydrogen-bond acceptors (Lipinski definition) is 7. The van der Waals surface area contributed by atoms with E-state index in [0.717, 1.165) is 0 Å². The number of halogens is 1. The lowest BCUT2D eigenvalue weighted by molar-refractivity contribution is 0.0213. The molecule has 3 rings (SSSR count). The van der Waals surface area contributed by atoms with Crippen LogP contribution in [0.25, 0.3) is 0 Å². The minimum atomic E-state index is -0.726. The Kier molecular flexibility index (Phi) is 6.94. The molecule has 0 amide bonds. The molecule has 1 aliphatic heterocycles. The van der Waals surface area contributed by atoms with Gasteiger partial charge in [-0.15, -0.1) is 0 Å². The number of carbonyl (C=O) groups excluding carboxylic acids is 1. The number of methoxy groups -OCH3 is 1. The molecule has 1 heterocycles. The summed E-state index contributed by atoms with van der Waals surface area (Å²) in [4.78, 5) is 17.5. The van der Waals surface area contributed by atoms with Crippen LogP contribution in [-0.4, -0.2) is 45.3 Å². The van der Waals surface area contributed by atoms with E-state index >= 15 is 0 Å². The fraction of sp³-hybridized carbons (Fsp3) is 0.300. The maximum atomic E-state index is 13.9. The average Bonchev–Trinajstić information content (AvgIpc) is 3.21. The van der Waals surface area contributed by atoms with E-state index in [4.69, 9.17) is 19.0 Å². The summed E-state index contributed by atoms with van der Waals surface area (Å²) in [5.74, 6) is -0.449. The zero-order valence-electron chi connectivity index (χ0n) is 15.4. The van der Waals surface area contributed by atoms with Crippen molar-refractivity contribution in [3.05, 3.63) is 71.0 Å². The maximum absolute atomic E-state index is 13.9. The van der Waals surface area contributed by atoms with Crippen LogP contribution in [0.15, 0.2) is 53.7 Å². The van der Waals surface area contributed by atoms with Gasteiger partial charge in [-0.3, -0.25) is 0 Å². The fourth-order valence-electron chi connectivity index (χ4n) is 2.55. The van der Waals surface area contributed by atoms with Gasteiger partial charge in [-0.05, 0) is 18.2 Å². The van der Waals surface area contributed by atoms with Crippen LogP contribution in [0.3, 0.4) is 0 Å². The standard InChI is InChI=1S/C20H21FN2O5/c1-25-9-10-26-11-12-27-20(24)15-6-4-5-14(13-15)18-22-19(28-23-18)16-7-2-3-8-17(16)21/h2-8,13,19H,9-12H2,1H3,(H,22,23). The summed E-state index contributed by atoms with van der Waals surface area (Å²) < 4.78 is 29.2. The highest BCUT2D eigenvalue weighted by Gasteiger charge is 2.25. The molecule has 0 bridgehead atoms. The summed E-state index contributed by atoms with van der Waals surface area (Å²) in [6, 6.07) is 13.0. The van der Waals surface area contributed by atoms with Gasteiger partial charge in [-0.25, -0.2) is 9.18 Å². The van der Waals surface area contributed by atoms with E-state index in [9.17, 15) is 9.18 Å². The highest BCUT2D eigenvalue weighted by Crippen LogP contribution is 2.23. The minimum Gasteiger partial charge on any atom is -0.460 e. The van der Waals surface area contributed by atoms with Crippen molar-refractivity contribution < 1.29 is 28.2 Å². The van der Waals surface area contributed by atoms with Crippen molar-refractivity contribution in [1.29, 1.82) is 0 Å². The van der Waals surface area contributed by atoms with Crippen LogP contribution in [0.5, 0.6) is 0 Å². The van der Waals surface area contributed by atoms with E-state index in [-0.39, 0.29) is 12.4 Å². The first-order valence-corrected chi connectivity index (χ1v) is 8.78. The highest BCUT2D eigenvalue weighted by atomic mass is 19.1. The molecule has 2 aromatic rings. The summed E-state index contributed by atoms with van der Waals surface area (Å²) in [5.41, 5.74) is 1.35. The summed E-state index contributed by atoms with van der Waals surface area (Å²) in [6.07, 6.45) is -0.726. The lowest BCUT2D eigenvalue weighted by atomic mass is 10.1. The average molecular weight is 388 g/mol. The third kappa shape index (κ3) is 5.05. The predicted molar refractivity (Wildman–Crippen MR) is 99.3 cm³/mol. The molecule has 148 valence electrons. The molecule has 0 aliphatic carbocycles. The first-order chi connectivity index (χ1) is 13.7. The van der Waals surface area contributed by atoms with E-state index in [2.05, 4.69) is 10.5 Å². The molecule has 7 nitrogen and oxygen atoms in total. The molecule has 1 N–H and O–H groups in total. The smallest absolute Gasteiger partial charge is 0.338 e. The summed E-state index contributed by atoms with van der Waals surface area (Å²) in [6.45, 7) is 1.37. The highest BCUT2D eigenvalue weighted by molar-refractivity contribution is 6.01. The van der Waals surface area contributed by atoms with Gasteiger partial charge in [-0.2, -0.15) is 0 Å². The van der Waals surface area contributed by atoms with E-state index in [1.165, 1.54) is 6.07 Å². The normalized spacial score (nSPS) is 15.5. The molecule has 2 aromatic carbocycles. The van der Waals surface area contributed by atoms with E-state index in [1.807, 2.05) is 0 Å². The van der Waals surface area contributed by atoms with E-state index < -0.39 is 12.2 Å². The molecule has 8 heteroatoms. The van der Waals surface area contributed by atoms with Crippen molar-refractivity contribution in [2.24, 2.45) is 5.16 Å². The Morgan fingerprint density at radius 1 is 1.14 bits per heavy atom. The van der Waals surface area contributed by atoms with Gasteiger partial charge in [0, 0.05) is 12.7 Å². The van der Waals surface area contributed by atoms with Crippen molar-refractivity contribution in [2.45, 2.75) is 6.23 Å². The number of hydrogen-bond donors (Lipinski definition) is 1. The Hall–Kier alpha value is -2.97. The molecule has 1 atom stereocenters.